The maximum Gasteiger partial charge on any atom is 0.262 e. The van der Waals surface area contributed by atoms with Gasteiger partial charge < -0.3 is 4.90 Å². The molecule has 1 aromatic rings. The standard InChI is InChI=1S/C21H24FN3O4/c1-3-12-17(11-6-8-24(2)9-7-11)14(22)10-13-18(12)21(29)25(20(13)28)15-4-5-16(26)23-19(15)27/h10-11,15H,3-9H2,1-2H3,(H,23,26,27). The third-order valence-corrected chi connectivity index (χ3v) is 6.31. The molecule has 8 heteroatoms. The van der Waals surface area contributed by atoms with Gasteiger partial charge >= 0.3 is 0 Å². The lowest BCUT2D eigenvalue weighted by atomic mass is 9.82. The second kappa shape index (κ2) is 7.33. The first-order valence-corrected chi connectivity index (χ1v) is 10.1. The summed E-state index contributed by atoms with van der Waals surface area (Å²) in [4.78, 5) is 52.9. The topological polar surface area (TPSA) is 86.8 Å². The molecule has 1 aromatic carbocycles. The van der Waals surface area contributed by atoms with Crippen molar-refractivity contribution in [2.24, 2.45) is 0 Å². The van der Waals surface area contributed by atoms with Crippen LogP contribution in [0.15, 0.2) is 6.07 Å². The highest BCUT2D eigenvalue weighted by Gasteiger charge is 2.46. The molecule has 3 aliphatic heterocycles. The highest BCUT2D eigenvalue weighted by atomic mass is 19.1. The van der Waals surface area contributed by atoms with Crippen LogP contribution in [0, 0.1) is 5.82 Å². The molecule has 4 amide bonds. The third-order valence-electron chi connectivity index (χ3n) is 6.31. The first-order chi connectivity index (χ1) is 13.8. The van der Waals surface area contributed by atoms with E-state index in [1.807, 2.05) is 14.0 Å². The van der Waals surface area contributed by atoms with Gasteiger partial charge in [-0.1, -0.05) is 6.92 Å². The normalized spacial score (nSPS) is 23.6. The van der Waals surface area contributed by atoms with E-state index in [9.17, 15) is 19.2 Å². The molecule has 1 N–H and O–H groups in total. The Morgan fingerprint density at radius 3 is 2.41 bits per heavy atom. The van der Waals surface area contributed by atoms with Crippen LogP contribution in [0.3, 0.4) is 0 Å². The van der Waals surface area contributed by atoms with Gasteiger partial charge in [0.15, 0.2) is 0 Å². The molecule has 3 heterocycles. The van der Waals surface area contributed by atoms with Gasteiger partial charge in [0.05, 0.1) is 11.1 Å². The van der Waals surface area contributed by atoms with Crippen LogP contribution in [0.2, 0.25) is 0 Å². The number of carbonyl (C=O) groups excluding carboxylic acids is 4. The van der Waals surface area contributed by atoms with E-state index in [0.717, 1.165) is 36.9 Å². The molecule has 29 heavy (non-hydrogen) atoms. The molecule has 2 saturated heterocycles. The van der Waals surface area contributed by atoms with Gasteiger partial charge in [-0.2, -0.15) is 0 Å². The van der Waals surface area contributed by atoms with Crippen LogP contribution in [0.25, 0.3) is 0 Å². The molecule has 0 spiro atoms. The number of piperidine rings is 2. The van der Waals surface area contributed by atoms with Gasteiger partial charge in [0.2, 0.25) is 11.8 Å². The minimum atomic E-state index is -1.04. The van der Waals surface area contributed by atoms with E-state index < -0.39 is 35.5 Å². The van der Waals surface area contributed by atoms with E-state index in [0.29, 0.717) is 17.5 Å². The molecule has 1 unspecified atom stereocenters. The molecular weight excluding hydrogens is 377 g/mol. The number of amides is 4. The van der Waals surface area contributed by atoms with E-state index in [1.54, 1.807) is 0 Å². The van der Waals surface area contributed by atoms with Crippen molar-refractivity contribution >= 4 is 23.6 Å². The summed E-state index contributed by atoms with van der Waals surface area (Å²) in [5.41, 5.74) is 1.34. The Kier molecular flexibility index (Phi) is 4.98. The lowest BCUT2D eigenvalue weighted by molar-refractivity contribution is -0.136. The number of hydrogen-bond donors (Lipinski definition) is 1. The van der Waals surface area contributed by atoms with Crippen molar-refractivity contribution in [1.29, 1.82) is 0 Å². The maximum absolute atomic E-state index is 15.2. The Bertz CT molecular complexity index is 921. The highest BCUT2D eigenvalue weighted by Crippen LogP contribution is 2.39. The Balaban J connectivity index is 1.75. The van der Waals surface area contributed by atoms with E-state index in [2.05, 4.69) is 10.2 Å². The number of carbonyl (C=O) groups is 4. The SMILES string of the molecule is CCc1c2c(cc(F)c1C1CCN(C)CC1)C(=O)N(C1CCC(=O)NC1=O)C2=O. The molecule has 0 aliphatic carbocycles. The fraction of sp³-hybridized carbons (Fsp3) is 0.524. The quantitative estimate of drug-likeness (QED) is 0.778. The summed E-state index contributed by atoms with van der Waals surface area (Å²) in [5, 5.41) is 2.18. The fourth-order valence-electron chi connectivity index (χ4n) is 4.79. The van der Waals surface area contributed by atoms with Crippen molar-refractivity contribution < 1.29 is 23.6 Å². The lowest BCUT2D eigenvalue weighted by Crippen LogP contribution is -2.54. The second-order valence-corrected chi connectivity index (χ2v) is 8.05. The third kappa shape index (κ3) is 3.15. The Morgan fingerprint density at radius 2 is 1.79 bits per heavy atom. The van der Waals surface area contributed by atoms with Crippen molar-refractivity contribution in [3.63, 3.8) is 0 Å². The van der Waals surface area contributed by atoms with Crippen LogP contribution < -0.4 is 5.32 Å². The van der Waals surface area contributed by atoms with Gasteiger partial charge in [-0.25, -0.2) is 4.39 Å². The van der Waals surface area contributed by atoms with E-state index >= 15 is 4.39 Å². The van der Waals surface area contributed by atoms with Crippen molar-refractivity contribution in [2.75, 3.05) is 20.1 Å². The van der Waals surface area contributed by atoms with Crippen LogP contribution in [-0.4, -0.2) is 59.6 Å². The lowest BCUT2D eigenvalue weighted by Gasteiger charge is -2.31. The number of nitrogens with zero attached hydrogens (tertiary/aromatic N) is 2. The molecule has 0 radical (unpaired) electrons. The van der Waals surface area contributed by atoms with Gasteiger partial charge in [-0.15, -0.1) is 0 Å². The van der Waals surface area contributed by atoms with E-state index in [1.165, 1.54) is 0 Å². The minimum absolute atomic E-state index is 0.000923. The number of fused-ring (bicyclic) bond motifs is 1. The monoisotopic (exact) mass is 401 g/mol. The van der Waals surface area contributed by atoms with Crippen molar-refractivity contribution in [3.8, 4) is 0 Å². The number of rotatable bonds is 3. The predicted molar refractivity (Wildman–Crippen MR) is 102 cm³/mol. The molecular formula is C21H24FN3O4. The average molecular weight is 401 g/mol. The van der Waals surface area contributed by atoms with Crippen LogP contribution >= 0.6 is 0 Å². The summed E-state index contributed by atoms with van der Waals surface area (Å²) in [5.74, 6) is -2.77. The van der Waals surface area contributed by atoms with Gasteiger partial charge in [-0.05, 0) is 68.9 Å². The zero-order valence-electron chi connectivity index (χ0n) is 16.6. The zero-order valence-corrected chi connectivity index (χ0v) is 16.6. The number of imide groups is 2. The first-order valence-electron chi connectivity index (χ1n) is 10.1. The molecule has 1 atom stereocenters. The average Bonchev–Trinajstić information content (AvgIpc) is 2.92. The van der Waals surface area contributed by atoms with Gasteiger partial charge in [0.1, 0.15) is 11.9 Å². The molecule has 0 saturated carbocycles. The number of nitrogens with one attached hydrogen (secondary N) is 1. The van der Waals surface area contributed by atoms with Crippen LogP contribution in [0.5, 0.6) is 0 Å². The highest BCUT2D eigenvalue weighted by molar-refractivity contribution is 6.24. The van der Waals surface area contributed by atoms with Crippen LogP contribution in [0.1, 0.15) is 70.4 Å². The predicted octanol–water partition coefficient (Wildman–Crippen LogP) is 1.60. The first kappa shape index (κ1) is 19.7. The summed E-state index contributed by atoms with van der Waals surface area (Å²) in [7, 11) is 2.02. The molecule has 0 bridgehead atoms. The molecule has 2 fully saturated rings. The smallest absolute Gasteiger partial charge is 0.262 e. The summed E-state index contributed by atoms with van der Waals surface area (Å²) >= 11 is 0. The molecule has 3 aliphatic rings. The van der Waals surface area contributed by atoms with Gasteiger partial charge in [0.25, 0.3) is 11.8 Å². The van der Waals surface area contributed by atoms with E-state index in [4.69, 9.17) is 0 Å². The van der Waals surface area contributed by atoms with Crippen LogP contribution in [-0.2, 0) is 16.0 Å². The second-order valence-electron chi connectivity index (χ2n) is 8.05. The summed E-state index contributed by atoms with van der Waals surface area (Å²) in [6.45, 7) is 3.54. The number of likely N-dealkylation sites (tertiary alicyclic amines) is 1. The largest absolute Gasteiger partial charge is 0.306 e. The van der Waals surface area contributed by atoms with Gasteiger partial charge in [-0.3, -0.25) is 29.4 Å². The maximum atomic E-state index is 15.2. The summed E-state index contributed by atoms with van der Waals surface area (Å²) in [6, 6.07) is 0.119. The Hall–Kier alpha value is -2.61. The minimum Gasteiger partial charge on any atom is -0.306 e. The number of halogens is 1. The fourth-order valence-corrected chi connectivity index (χ4v) is 4.79. The van der Waals surface area contributed by atoms with Crippen molar-refractivity contribution in [2.45, 2.75) is 51.0 Å². The molecule has 7 nitrogen and oxygen atoms in total. The molecule has 4 rings (SSSR count). The number of benzene rings is 1. The molecule has 0 aromatic heterocycles. The van der Waals surface area contributed by atoms with Gasteiger partial charge in [0, 0.05) is 6.42 Å². The Morgan fingerprint density at radius 1 is 1.10 bits per heavy atom. The van der Waals surface area contributed by atoms with Crippen molar-refractivity contribution in [1.82, 2.24) is 15.1 Å². The van der Waals surface area contributed by atoms with Crippen LogP contribution in [0.4, 0.5) is 4.39 Å². The summed E-state index contributed by atoms with van der Waals surface area (Å²) in [6.07, 6.45) is 2.14. The Labute approximate surface area is 168 Å². The van der Waals surface area contributed by atoms with Crippen molar-refractivity contribution in [3.05, 3.63) is 34.1 Å². The van der Waals surface area contributed by atoms with E-state index in [-0.39, 0.29) is 29.9 Å². The molecule has 154 valence electrons. The summed E-state index contributed by atoms with van der Waals surface area (Å²) < 4.78 is 15.2. The zero-order chi connectivity index (χ0) is 20.9. The number of hydrogen-bond acceptors (Lipinski definition) is 5.